The zero-order valence-electron chi connectivity index (χ0n) is 8.18. The van der Waals surface area contributed by atoms with Gasteiger partial charge in [-0.25, -0.2) is 0 Å². The molecule has 0 bridgehead atoms. The minimum Gasteiger partial charge on any atom is -0.398 e. The van der Waals surface area contributed by atoms with Crippen molar-refractivity contribution in [3.63, 3.8) is 0 Å². The number of aromatic nitrogens is 1. The second kappa shape index (κ2) is 3.57. The molecule has 4 heteroatoms. The maximum absolute atomic E-state index is 10.9. The van der Waals surface area contributed by atoms with E-state index in [9.17, 15) is 4.79 Å². The van der Waals surface area contributed by atoms with Crippen LogP contribution in [-0.2, 0) is 11.3 Å². The van der Waals surface area contributed by atoms with Gasteiger partial charge in [-0.3, -0.25) is 4.79 Å². The number of amides is 1. The highest BCUT2D eigenvalue weighted by Crippen LogP contribution is 2.16. The van der Waals surface area contributed by atoms with Crippen molar-refractivity contribution in [2.24, 2.45) is 5.73 Å². The van der Waals surface area contributed by atoms with Gasteiger partial charge in [-0.05, 0) is 6.07 Å². The molecule has 15 heavy (non-hydrogen) atoms. The van der Waals surface area contributed by atoms with Crippen LogP contribution in [0.25, 0.3) is 10.9 Å². The lowest BCUT2D eigenvalue weighted by atomic mass is 10.2. The number of hydrogen-bond acceptors (Lipinski definition) is 2. The van der Waals surface area contributed by atoms with Gasteiger partial charge in [-0.2, -0.15) is 4.57 Å². The van der Waals surface area contributed by atoms with Crippen molar-refractivity contribution in [3.05, 3.63) is 36.5 Å². The van der Waals surface area contributed by atoms with Crippen molar-refractivity contribution in [1.29, 1.82) is 0 Å². The summed E-state index contributed by atoms with van der Waals surface area (Å²) in [5.41, 5.74) is 12.6. The van der Waals surface area contributed by atoms with Crippen LogP contribution in [0.2, 0.25) is 0 Å². The van der Waals surface area contributed by atoms with Crippen LogP contribution in [0, 0.1) is 0 Å². The molecule has 0 saturated carbocycles. The van der Waals surface area contributed by atoms with E-state index < -0.39 is 0 Å². The first-order chi connectivity index (χ1) is 7.18. The molecule has 4 N–H and O–H groups in total. The molecule has 76 valence electrons. The van der Waals surface area contributed by atoms with Gasteiger partial charge in [-0.15, -0.1) is 0 Å². The topological polar surface area (TPSA) is 73.0 Å². The summed E-state index contributed by atoms with van der Waals surface area (Å²) in [6, 6.07) is 9.41. The van der Waals surface area contributed by atoms with E-state index in [4.69, 9.17) is 11.5 Å². The number of benzene rings is 1. The number of nitrogens with zero attached hydrogens (tertiary/aromatic N) is 1. The third-order valence-electron chi connectivity index (χ3n) is 2.28. The number of hydrogen-bond donors (Lipinski definition) is 2. The van der Waals surface area contributed by atoms with Crippen LogP contribution in [0.4, 0.5) is 5.69 Å². The standard InChI is InChI=1S/C11H11N3O/c12-9-5-6-14(7-11(13)15)10-4-2-1-3-8(9)10/h1-6,12H,7H2,(H2,13,15)/p+1. The van der Waals surface area contributed by atoms with Gasteiger partial charge in [0.15, 0.2) is 6.20 Å². The Bertz CT molecular complexity index is 522. The van der Waals surface area contributed by atoms with E-state index in [-0.39, 0.29) is 12.5 Å². The number of fused-ring (bicyclic) bond motifs is 1. The Hall–Kier alpha value is -2.10. The van der Waals surface area contributed by atoms with Crippen LogP contribution < -0.4 is 16.0 Å². The molecule has 0 radical (unpaired) electrons. The number of carbonyl (C=O) groups excluding carboxylic acids is 1. The summed E-state index contributed by atoms with van der Waals surface area (Å²) in [6.45, 7) is 0.167. The van der Waals surface area contributed by atoms with E-state index >= 15 is 0 Å². The van der Waals surface area contributed by atoms with E-state index in [0.29, 0.717) is 5.69 Å². The minimum atomic E-state index is -0.366. The average molecular weight is 202 g/mol. The van der Waals surface area contributed by atoms with Gasteiger partial charge < -0.3 is 11.5 Å². The fourth-order valence-corrected chi connectivity index (χ4v) is 1.61. The highest BCUT2D eigenvalue weighted by Gasteiger charge is 2.12. The Kier molecular flexibility index (Phi) is 2.25. The fraction of sp³-hybridized carbons (Fsp3) is 0.0909. The van der Waals surface area contributed by atoms with Crippen LogP contribution in [0.3, 0.4) is 0 Å². The lowest BCUT2D eigenvalue weighted by molar-refractivity contribution is -0.658. The molecule has 2 aromatic rings. The predicted octanol–water partition coefficient (Wildman–Crippen LogP) is 0.195. The van der Waals surface area contributed by atoms with E-state index in [0.717, 1.165) is 10.9 Å². The molecule has 0 atom stereocenters. The summed E-state index contributed by atoms with van der Waals surface area (Å²) in [7, 11) is 0. The van der Waals surface area contributed by atoms with Crippen LogP contribution in [-0.4, -0.2) is 5.91 Å². The summed E-state index contributed by atoms with van der Waals surface area (Å²) in [4.78, 5) is 10.9. The fourth-order valence-electron chi connectivity index (χ4n) is 1.61. The smallest absolute Gasteiger partial charge is 0.283 e. The molecule has 4 nitrogen and oxygen atoms in total. The van der Waals surface area contributed by atoms with Crippen molar-refractivity contribution in [3.8, 4) is 0 Å². The van der Waals surface area contributed by atoms with Crippen LogP contribution in [0.15, 0.2) is 36.5 Å². The molecule has 1 aromatic carbocycles. The molecule has 1 heterocycles. The van der Waals surface area contributed by atoms with E-state index in [2.05, 4.69) is 0 Å². The van der Waals surface area contributed by atoms with Gasteiger partial charge in [0.1, 0.15) is 0 Å². The van der Waals surface area contributed by atoms with Crippen molar-refractivity contribution in [1.82, 2.24) is 0 Å². The Morgan fingerprint density at radius 3 is 2.73 bits per heavy atom. The molecule has 0 spiro atoms. The van der Waals surface area contributed by atoms with Crippen molar-refractivity contribution >= 4 is 22.5 Å². The van der Waals surface area contributed by atoms with Gasteiger partial charge in [-0.1, -0.05) is 12.1 Å². The summed E-state index contributed by atoms with van der Waals surface area (Å²) in [5.74, 6) is -0.366. The highest BCUT2D eigenvalue weighted by atomic mass is 16.1. The van der Waals surface area contributed by atoms with Crippen LogP contribution in [0.5, 0.6) is 0 Å². The predicted molar refractivity (Wildman–Crippen MR) is 57.7 cm³/mol. The van der Waals surface area contributed by atoms with Crippen LogP contribution >= 0.6 is 0 Å². The summed E-state index contributed by atoms with van der Waals surface area (Å²) < 4.78 is 1.79. The maximum atomic E-state index is 10.9. The molecule has 0 unspecified atom stereocenters. The monoisotopic (exact) mass is 202 g/mol. The molecule has 0 aliphatic rings. The summed E-state index contributed by atoms with van der Waals surface area (Å²) >= 11 is 0. The van der Waals surface area contributed by atoms with Crippen molar-refractivity contribution in [2.45, 2.75) is 6.54 Å². The second-order valence-electron chi connectivity index (χ2n) is 3.38. The molecule has 0 saturated heterocycles. The number of para-hydroxylation sites is 1. The second-order valence-corrected chi connectivity index (χ2v) is 3.38. The zero-order valence-corrected chi connectivity index (χ0v) is 8.18. The largest absolute Gasteiger partial charge is 0.398 e. The van der Waals surface area contributed by atoms with Gasteiger partial charge in [0, 0.05) is 12.1 Å². The Balaban J connectivity index is 2.66. The molecule has 1 amide bonds. The number of nitrogen functional groups attached to an aromatic ring is 1. The lowest BCUT2D eigenvalue weighted by Gasteiger charge is -2.01. The number of nitrogens with two attached hydrogens (primary N) is 2. The molecular weight excluding hydrogens is 190 g/mol. The van der Waals surface area contributed by atoms with Gasteiger partial charge >= 0.3 is 0 Å². The molecule has 1 aromatic heterocycles. The Labute approximate surface area is 87.1 Å². The first-order valence-corrected chi connectivity index (χ1v) is 4.63. The normalized spacial score (nSPS) is 10.4. The third-order valence-corrected chi connectivity index (χ3v) is 2.28. The first-order valence-electron chi connectivity index (χ1n) is 4.63. The number of rotatable bonds is 2. The van der Waals surface area contributed by atoms with Crippen molar-refractivity contribution < 1.29 is 9.36 Å². The van der Waals surface area contributed by atoms with E-state index in [1.807, 2.05) is 24.3 Å². The lowest BCUT2D eigenvalue weighted by Crippen LogP contribution is -2.41. The van der Waals surface area contributed by atoms with Gasteiger partial charge in [0.25, 0.3) is 5.91 Å². The average Bonchev–Trinajstić information content (AvgIpc) is 2.22. The molecule has 0 aliphatic heterocycles. The minimum absolute atomic E-state index is 0.167. The molecule has 2 rings (SSSR count). The highest BCUT2D eigenvalue weighted by molar-refractivity contribution is 5.87. The Morgan fingerprint density at radius 2 is 2.00 bits per heavy atom. The first kappa shape index (κ1) is 9.45. The third kappa shape index (κ3) is 1.74. The molecular formula is C11H12N3O+. The number of pyridine rings is 1. The quantitative estimate of drug-likeness (QED) is 0.682. The summed E-state index contributed by atoms with van der Waals surface area (Å²) in [5, 5.41) is 0.932. The maximum Gasteiger partial charge on any atom is 0.283 e. The van der Waals surface area contributed by atoms with Gasteiger partial charge in [0.2, 0.25) is 12.1 Å². The summed E-state index contributed by atoms with van der Waals surface area (Å²) in [6.07, 6.45) is 1.77. The zero-order chi connectivity index (χ0) is 10.8. The number of carbonyl (C=O) groups is 1. The number of primary amides is 1. The van der Waals surface area contributed by atoms with Crippen LogP contribution in [0.1, 0.15) is 0 Å². The van der Waals surface area contributed by atoms with E-state index in [1.54, 1.807) is 16.8 Å². The molecule has 0 aliphatic carbocycles. The molecule has 0 fully saturated rings. The SMILES string of the molecule is NC(=O)C[n+]1ccc(N)c2ccccc21. The van der Waals surface area contributed by atoms with Crippen molar-refractivity contribution in [2.75, 3.05) is 5.73 Å². The van der Waals surface area contributed by atoms with Gasteiger partial charge in [0.05, 0.1) is 11.1 Å². The number of anilines is 1. The van der Waals surface area contributed by atoms with E-state index in [1.165, 1.54) is 0 Å². The Morgan fingerprint density at radius 1 is 1.27 bits per heavy atom.